The molecule has 1 aliphatic heterocycles. The van der Waals surface area contributed by atoms with E-state index in [1.54, 1.807) is 10.3 Å². The van der Waals surface area contributed by atoms with Gasteiger partial charge in [0.15, 0.2) is 0 Å². The summed E-state index contributed by atoms with van der Waals surface area (Å²) in [7, 11) is 1.34. The Morgan fingerprint density at radius 1 is 1.43 bits per heavy atom. The van der Waals surface area contributed by atoms with E-state index in [1.165, 1.54) is 24.9 Å². The monoisotopic (exact) mass is 379 g/mol. The van der Waals surface area contributed by atoms with E-state index in [0.29, 0.717) is 6.54 Å². The molecular formula is C14H22BrNO4S. The third-order valence-corrected chi connectivity index (χ3v) is 4.35. The Kier molecular flexibility index (Phi) is 7.06. The number of hydrogen-bond donors (Lipinski definition) is 0. The van der Waals surface area contributed by atoms with Crippen LogP contribution in [0.15, 0.2) is 11.5 Å². The summed E-state index contributed by atoms with van der Waals surface area (Å²) >= 11 is 5.04. The molecule has 1 rings (SSSR count). The molecule has 0 N–H and O–H groups in total. The zero-order chi connectivity index (χ0) is 16.0. The van der Waals surface area contributed by atoms with Gasteiger partial charge in [0.1, 0.15) is 5.60 Å². The number of alkyl halides is 1. The van der Waals surface area contributed by atoms with Gasteiger partial charge in [-0.15, -0.1) is 11.8 Å². The number of carbonyl (C=O) groups excluding carboxylic acids is 2. The van der Waals surface area contributed by atoms with Crippen molar-refractivity contribution in [3.8, 4) is 0 Å². The highest BCUT2D eigenvalue weighted by Crippen LogP contribution is 2.28. The number of likely N-dealkylation sites (tertiary alicyclic amines) is 1. The van der Waals surface area contributed by atoms with Crippen molar-refractivity contribution in [2.24, 2.45) is 0 Å². The van der Waals surface area contributed by atoms with Gasteiger partial charge >= 0.3 is 12.1 Å². The number of ether oxygens (including phenoxy) is 2. The van der Waals surface area contributed by atoms with Crippen molar-refractivity contribution in [2.75, 3.05) is 19.4 Å². The van der Waals surface area contributed by atoms with E-state index >= 15 is 0 Å². The number of carbonyl (C=O) groups is 2. The smallest absolute Gasteiger partial charge is 0.410 e. The molecule has 1 saturated heterocycles. The lowest BCUT2D eigenvalue weighted by Crippen LogP contribution is -2.41. The van der Waals surface area contributed by atoms with Crippen LogP contribution in [0.5, 0.6) is 0 Å². The zero-order valence-corrected chi connectivity index (χ0v) is 15.2. The topological polar surface area (TPSA) is 55.8 Å². The summed E-state index contributed by atoms with van der Waals surface area (Å²) in [5, 5.41) is 1.70. The van der Waals surface area contributed by atoms with E-state index in [-0.39, 0.29) is 22.9 Å². The van der Waals surface area contributed by atoms with Gasteiger partial charge in [-0.05, 0) is 32.6 Å². The van der Waals surface area contributed by atoms with Gasteiger partial charge in [-0.25, -0.2) is 9.59 Å². The fourth-order valence-electron chi connectivity index (χ4n) is 1.90. The van der Waals surface area contributed by atoms with Crippen molar-refractivity contribution < 1.29 is 19.1 Å². The first kappa shape index (κ1) is 18.4. The summed E-state index contributed by atoms with van der Waals surface area (Å²) < 4.78 is 9.95. The molecule has 1 fully saturated rings. The Balaban J connectivity index is 2.53. The van der Waals surface area contributed by atoms with Crippen LogP contribution in [0.2, 0.25) is 0 Å². The second-order valence-electron chi connectivity index (χ2n) is 5.78. The highest BCUT2D eigenvalue weighted by molar-refractivity contribution is 9.09. The molecule has 0 spiro atoms. The maximum atomic E-state index is 12.2. The average Bonchev–Trinajstić information content (AvgIpc) is 2.73. The minimum atomic E-state index is -0.496. The third-order valence-electron chi connectivity index (χ3n) is 2.78. The first-order valence-corrected chi connectivity index (χ1v) is 8.69. The molecule has 0 bridgehead atoms. The van der Waals surface area contributed by atoms with Crippen molar-refractivity contribution in [3.05, 3.63) is 11.5 Å². The molecule has 1 amide bonds. The molecule has 5 nitrogen and oxygen atoms in total. The summed E-state index contributed by atoms with van der Waals surface area (Å²) in [6.45, 7) is 6.21. The standard InChI is InChI=1S/C14H22BrNO4S/c1-14(2,3)20-13(18)16-8-10(15)7-11(16)9-21-6-5-12(17)19-4/h5-6,10-11H,7-9H2,1-4H3/b6-5+/t10?,11-/m0/s1. The predicted octanol–water partition coefficient (Wildman–Crippen LogP) is 3.18. The zero-order valence-electron chi connectivity index (χ0n) is 12.8. The lowest BCUT2D eigenvalue weighted by atomic mass is 10.2. The molecule has 1 unspecified atom stereocenters. The Bertz CT molecular complexity index is 408. The molecule has 1 heterocycles. The van der Waals surface area contributed by atoms with Gasteiger partial charge < -0.3 is 14.4 Å². The second-order valence-corrected chi connectivity index (χ2v) is 8.01. The second kappa shape index (κ2) is 8.08. The molecule has 120 valence electrons. The van der Waals surface area contributed by atoms with E-state index in [2.05, 4.69) is 20.7 Å². The van der Waals surface area contributed by atoms with Crippen LogP contribution in [0.1, 0.15) is 27.2 Å². The Labute approximate surface area is 138 Å². The molecule has 21 heavy (non-hydrogen) atoms. The van der Waals surface area contributed by atoms with Crippen LogP contribution in [-0.2, 0) is 14.3 Å². The van der Waals surface area contributed by atoms with E-state index in [4.69, 9.17) is 4.74 Å². The number of thioether (sulfide) groups is 1. The first-order valence-electron chi connectivity index (χ1n) is 6.72. The SMILES string of the molecule is COC(=O)/C=C/SC[C@@H]1CC(Br)CN1C(=O)OC(C)(C)C. The fourth-order valence-corrected chi connectivity index (χ4v) is 3.50. The Hall–Kier alpha value is -0.690. The number of esters is 1. The fraction of sp³-hybridized carbons (Fsp3) is 0.714. The molecular weight excluding hydrogens is 358 g/mol. The molecule has 0 aromatic heterocycles. The highest BCUT2D eigenvalue weighted by atomic mass is 79.9. The van der Waals surface area contributed by atoms with Crippen molar-refractivity contribution in [1.29, 1.82) is 0 Å². The van der Waals surface area contributed by atoms with Crippen LogP contribution in [0.3, 0.4) is 0 Å². The molecule has 7 heteroatoms. The van der Waals surface area contributed by atoms with Gasteiger partial charge in [0.25, 0.3) is 0 Å². The van der Waals surface area contributed by atoms with Crippen LogP contribution in [0.4, 0.5) is 4.79 Å². The quantitative estimate of drug-likeness (QED) is 0.426. The normalized spacial score (nSPS) is 22.6. The summed E-state index contributed by atoms with van der Waals surface area (Å²) in [6, 6.07) is 0.0940. The van der Waals surface area contributed by atoms with E-state index in [0.717, 1.165) is 12.2 Å². The van der Waals surface area contributed by atoms with E-state index in [1.807, 2.05) is 20.8 Å². The molecule has 0 radical (unpaired) electrons. The maximum absolute atomic E-state index is 12.2. The molecule has 2 atom stereocenters. The van der Waals surface area contributed by atoms with Gasteiger partial charge in [0.2, 0.25) is 0 Å². The lowest BCUT2D eigenvalue weighted by molar-refractivity contribution is -0.134. The summed E-state index contributed by atoms with van der Waals surface area (Å²) in [6.07, 6.45) is 1.97. The predicted molar refractivity (Wildman–Crippen MR) is 87.7 cm³/mol. The molecule has 1 aliphatic rings. The van der Waals surface area contributed by atoms with Crippen LogP contribution < -0.4 is 0 Å². The first-order chi connectivity index (χ1) is 9.73. The van der Waals surface area contributed by atoms with Crippen LogP contribution >= 0.6 is 27.7 Å². The third kappa shape index (κ3) is 6.74. The highest BCUT2D eigenvalue weighted by Gasteiger charge is 2.36. The van der Waals surface area contributed by atoms with Crippen LogP contribution in [0.25, 0.3) is 0 Å². The van der Waals surface area contributed by atoms with Crippen molar-refractivity contribution in [2.45, 2.75) is 43.7 Å². The largest absolute Gasteiger partial charge is 0.466 e. The number of methoxy groups -OCH3 is 1. The Morgan fingerprint density at radius 2 is 2.10 bits per heavy atom. The number of amides is 1. The minimum absolute atomic E-state index is 0.0940. The lowest BCUT2D eigenvalue weighted by Gasteiger charge is -2.28. The van der Waals surface area contributed by atoms with Gasteiger partial charge in [-0.1, -0.05) is 15.9 Å². The number of nitrogens with zero attached hydrogens (tertiary/aromatic N) is 1. The van der Waals surface area contributed by atoms with Crippen molar-refractivity contribution in [3.63, 3.8) is 0 Å². The molecule has 0 saturated carbocycles. The Morgan fingerprint density at radius 3 is 2.67 bits per heavy atom. The van der Waals surface area contributed by atoms with Crippen molar-refractivity contribution >= 4 is 39.8 Å². The molecule has 0 aromatic carbocycles. The molecule has 0 aliphatic carbocycles. The van der Waals surface area contributed by atoms with Crippen molar-refractivity contribution in [1.82, 2.24) is 4.90 Å². The van der Waals surface area contributed by atoms with Gasteiger partial charge in [-0.3, -0.25) is 0 Å². The molecule has 0 aromatic rings. The number of rotatable bonds is 4. The summed E-state index contributed by atoms with van der Waals surface area (Å²) in [5.74, 6) is 0.339. The maximum Gasteiger partial charge on any atom is 0.410 e. The summed E-state index contributed by atoms with van der Waals surface area (Å²) in [5.41, 5.74) is -0.496. The van der Waals surface area contributed by atoms with Gasteiger partial charge in [0, 0.05) is 29.2 Å². The number of hydrogen-bond acceptors (Lipinski definition) is 5. The van der Waals surface area contributed by atoms with Gasteiger partial charge in [-0.2, -0.15) is 0 Å². The minimum Gasteiger partial charge on any atom is -0.466 e. The van der Waals surface area contributed by atoms with Gasteiger partial charge in [0.05, 0.1) is 7.11 Å². The average molecular weight is 380 g/mol. The van der Waals surface area contributed by atoms with Crippen LogP contribution in [0, 0.1) is 0 Å². The van der Waals surface area contributed by atoms with E-state index in [9.17, 15) is 9.59 Å². The van der Waals surface area contributed by atoms with Crippen LogP contribution in [-0.4, -0.2) is 52.8 Å². The summed E-state index contributed by atoms with van der Waals surface area (Å²) in [4.78, 5) is 25.2. The number of halogens is 1. The van der Waals surface area contributed by atoms with E-state index < -0.39 is 5.60 Å².